The van der Waals surface area contributed by atoms with E-state index in [4.69, 9.17) is 9.47 Å². The van der Waals surface area contributed by atoms with Crippen molar-refractivity contribution >= 4 is 27.7 Å². The SMILES string of the molecule is CSCC[C@@H](NS(=O)(=O)c1ccc2c(c1)OCCO2)C(=O)NC1CCCC1. The van der Waals surface area contributed by atoms with E-state index in [0.29, 0.717) is 36.9 Å². The van der Waals surface area contributed by atoms with Crippen LogP contribution in [0.15, 0.2) is 23.1 Å². The lowest BCUT2D eigenvalue weighted by Crippen LogP contribution is -2.49. The maximum Gasteiger partial charge on any atom is 0.241 e. The molecule has 1 aliphatic carbocycles. The van der Waals surface area contributed by atoms with Crippen molar-refractivity contribution in [1.29, 1.82) is 0 Å². The number of hydrogen-bond donors (Lipinski definition) is 2. The molecule has 0 unspecified atom stereocenters. The summed E-state index contributed by atoms with van der Waals surface area (Å²) < 4.78 is 39.1. The predicted molar refractivity (Wildman–Crippen MR) is 105 cm³/mol. The van der Waals surface area contributed by atoms with Gasteiger partial charge in [0.2, 0.25) is 15.9 Å². The Morgan fingerprint density at radius 3 is 2.63 bits per heavy atom. The number of carbonyl (C=O) groups is 1. The summed E-state index contributed by atoms with van der Waals surface area (Å²) in [5, 5.41) is 2.99. The molecule has 0 bridgehead atoms. The molecule has 1 aromatic rings. The van der Waals surface area contributed by atoms with E-state index in [1.807, 2.05) is 6.26 Å². The van der Waals surface area contributed by atoms with E-state index in [1.165, 1.54) is 12.1 Å². The lowest BCUT2D eigenvalue weighted by molar-refractivity contribution is -0.123. The third-order valence-corrected chi connectivity index (χ3v) is 6.86. The summed E-state index contributed by atoms with van der Waals surface area (Å²) in [5.41, 5.74) is 0. The predicted octanol–water partition coefficient (Wildman–Crippen LogP) is 1.92. The van der Waals surface area contributed by atoms with Crippen LogP contribution >= 0.6 is 11.8 Å². The van der Waals surface area contributed by atoms with Gasteiger partial charge in [-0.2, -0.15) is 16.5 Å². The van der Waals surface area contributed by atoms with Crippen LogP contribution in [0.25, 0.3) is 0 Å². The molecule has 0 spiro atoms. The zero-order valence-corrected chi connectivity index (χ0v) is 17.0. The van der Waals surface area contributed by atoms with Crippen molar-refractivity contribution in [2.24, 2.45) is 0 Å². The van der Waals surface area contributed by atoms with Crippen LogP contribution in [0.3, 0.4) is 0 Å². The third-order valence-electron chi connectivity index (χ3n) is 4.75. The number of ether oxygens (including phenoxy) is 2. The molecule has 1 amide bonds. The summed E-state index contributed by atoms with van der Waals surface area (Å²) >= 11 is 1.58. The number of benzene rings is 1. The molecule has 9 heteroatoms. The molecule has 2 N–H and O–H groups in total. The Morgan fingerprint density at radius 2 is 1.93 bits per heavy atom. The van der Waals surface area contributed by atoms with Crippen molar-refractivity contribution in [3.63, 3.8) is 0 Å². The number of carbonyl (C=O) groups excluding carboxylic acids is 1. The Balaban J connectivity index is 1.73. The van der Waals surface area contributed by atoms with Gasteiger partial charge in [-0.05, 0) is 43.4 Å². The molecule has 1 atom stereocenters. The molecule has 0 saturated heterocycles. The molecule has 1 aromatic carbocycles. The standard InChI is InChI=1S/C18H26N2O5S2/c1-26-11-8-15(18(21)19-13-4-2-3-5-13)20-27(22,23)14-6-7-16-17(12-14)25-10-9-24-16/h6-7,12-13,15,20H,2-5,8-11H2,1H3,(H,19,21)/t15-/m1/s1. The first-order valence-corrected chi connectivity index (χ1v) is 12.1. The lowest BCUT2D eigenvalue weighted by Gasteiger charge is -2.22. The Hall–Kier alpha value is -1.45. The number of nitrogens with one attached hydrogen (secondary N) is 2. The van der Waals surface area contributed by atoms with E-state index in [1.54, 1.807) is 17.8 Å². The summed E-state index contributed by atoms with van der Waals surface area (Å²) in [6, 6.07) is 3.84. The van der Waals surface area contributed by atoms with E-state index < -0.39 is 16.1 Å². The van der Waals surface area contributed by atoms with Crippen molar-refractivity contribution in [2.75, 3.05) is 25.2 Å². The minimum absolute atomic E-state index is 0.0644. The monoisotopic (exact) mass is 414 g/mol. The van der Waals surface area contributed by atoms with Gasteiger partial charge in [0.25, 0.3) is 0 Å². The van der Waals surface area contributed by atoms with E-state index in [2.05, 4.69) is 10.0 Å². The van der Waals surface area contributed by atoms with Gasteiger partial charge in [-0.15, -0.1) is 0 Å². The number of amides is 1. The highest BCUT2D eigenvalue weighted by molar-refractivity contribution is 7.98. The average molecular weight is 415 g/mol. The van der Waals surface area contributed by atoms with Gasteiger partial charge in [0.15, 0.2) is 11.5 Å². The largest absolute Gasteiger partial charge is 0.486 e. The Morgan fingerprint density at radius 1 is 1.22 bits per heavy atom. The average Bonchev–Trinajstić information content (AvgIpc) is 3.17. The topological polar surface area (TPSA) is 93.7 Å². The number of rotatable bonds is 8. The molecule has 150 valence electrons. The van der Waals surface area contributed by atoms with Gasteiger partial charge in [0.05, 0.1) is 4.90 Å². The summed E-state index contributed by atoms with van der Waals surface area (Å²) in [4.78, 5) is 12.7. The zero-order valence-electron chi connectivity index (χ0n) is 15.4. The summed E-state index contributed by atoms with van der Waals surface area (Å²) in [5.74, 6) is 1.36. The zero-order chi connectivity index (χ0) is 19.3. The number of hydrogen-bond acceptors (Lipinski definition) is 6. The highest BCUT2D eigenvalue weighted by atomic mass is 32.2. The van der Waals surface area contributed by atoms with Crippen molar-refractivity contribution in [1.82, 2.24) is 10.0 Å². The molecular formula is C18H26N2O5S2. The van der Waals surface area contributed by atoms with Gasteiger partial charge >= 0.3 is 0 Å². The van der Waals surface area contributed by atoms with E-state index in [9.17, 15) is 13.2 Å². The van der Waals surface area contributed by atoms with Crippen LogP contribution in [-0.2, 0) is 14.8 Å². The summed E-state index contributed by atoms with van der Waals surface area (Å²) in [6.45, 7) is 0.819. The van der Waals surface area contributed by atoms with Crippen LogP contribution in [0.2, 0.25) is 0 Å². The second-order valence-electron chi connectivity index (χ2n) is 6.75. The molecule has 1 aliphatic heterocycles. The Bertz CT molecular complexity index is 763. The quantitative estimate of drug-likeness (QED) is 0.675. The molecule has 0 aromatic heterocycles. The van der Waals surface area contributed by atoms with E-state index in [-0.39, 0.29) is 16.8 Å². The van der Waals surface area contributed by atoms with Crippen molar-refractivity contribution in [3.05, 3.63) is 18.2 Å². The minimum atomic E-state index is -3.86. The molecule has 0 radical (unpaired) electrons. The van der Waals surface area contributed by atoms with Gasteiger partial charge in [0.1, 0.15) is 19.3 Å². The third kappa shape index (κ3) is 5.30. The van der Waals surface area contributed by atoms with E-state index >= 15 is 0 Å². The van der Waals surface area contributed by atoms with Crippen molar-refractivity contribution < 1.29 is 22.7 Å². The highest BCUT2D eigenvalue weighted by Crippen LogP contribution is 2.32. The van der Waals surface area contributed by atoms with Gasteiger partial charge in [-0.25, -0.2) is 8.42 Å². The molecule has 1 saturated carbocycles. The first-order valence-electron chi connectivity index (χ1n) is 9.21. The maximum atomic E-state index is 12.8. The molecule has 3 rings (SSSR count). The second-order valence-corrected chi connectivity index (χ2v) is 9.45. The first kappa shape index (κ1) is 20.3. The Labute approximate surface area is 164 Å². The minimum Gasteiger partial charge on any atom is -0.486 e. The fourth-order valence-electron chi connectivity index (χ4n) is 3.30. The first-order chi connectivity index (χ1) is 13.0. The van der Waals surface area contributed by atoms with Crippen LogP contribution in [0, 0.1) is 0 Å². The number of sulfonamides is 1. The van der Waals surface area contributed by atoms with Crippen LogP contribution in [0.5, 0.6) is 11.5 Å². The fraction of sp³-hybridized carbons (Fsp3) is 0.611. The smallest absolute Gasteiger partial charge is 0.241 e. The maximum absolute atomic E-state index is 12.8. The van der Waals surface area contributed by atoms with Crippen LogP contribution < -0.4 is 19.5 Å². The molecule has 1 heterocycles. The number of fused-ring (bicyclic) bond motifs is 1. The molecular weight excluding hydrogens is 388 g/mol. The molecule has 7 nitrogen and oxygen atoms in total. The van der Waals surface area contributed by atoms with Gasteiger partial charge in [-0.1, -0.05) is 12.8 Å². The molecule has 1 fully saturated rings. The lowest BCUT2D eigenvalue weighted by atomic mass is 10.2. The van der Waals surface area contributed by atoms with Crippen molar-refractivity contribution in [3.8, 4) is 11.5 Å². The number of thioether (sulfide) groups is 1. The normalized spacial score (nSPS) is 18.3. The Kier molecular flexibility index (Phi) is 6.88. The second kappa shape index (κ2) is 9.16. The van der Waals surface area contributed by atoms with Crippen LogP contribution in [-0.4, -0.2) is 51.6 Å². The summed E-state index contributed by atoms with van der Waals surface area (Å²) in [7, 11) is -3.86. The van der Waals surface area contributed by atoms with E-state index in [0.717, 1.165) is 25.7 Å². The van der Waals surface area contributed by atoms with Crippen LogP contribution in [0.1, 0.15) is 32.1 Å². The molecule has 2 aliphatic rings. The van der Waals surface area contributed by atoms with Gasteiger partial charge in [0, 0.05) is 12.1 Å². The fourth-order valence-corrected chi connectivity index (χ4v) is 5.01. The highest BCUT2D eigenvalue weighted by Gasteiger charge is 2.28. The van der Waals surface area contributed by atoms with Gasteiger partial charge < -0.3 is 14.8 Å². The van der Waals surface area contributed by atoms with Crippen molar-refractivity contribution in [2.45, 2.75) is 49.1 Å². The summed E-state index contributed by atoms with van der Waals surface area (Å²) in [6.07, 6.45) is 6.48. The molecule has 27 heavy (non-hydrogen) atoms. The van der Waals surface area contributed by atoms with Crippen LogP contribution in [0.4, 0.5) is 0 Å². The van der Waals surface area contributed by atoms with Gasteiger partial charge in [-0.3, -0.25) is 4.79 Å².